The molecule has 1 atom stereocenters. The molecule has 3 nitrogen and oxygen atoms in total. The smallest absolute Gasteiger partial charge is 0.0620 e. The number of benzene rings is 1. The highest BCUT2D eigenvalue weighted by Gasteiger charge is 2.13. The number of anilines is 1. The highest BCUT2D eigenvalue weighted by atomic mass is 16.5. The van der Waals surface area contributed by atoms with Crippen LogP contribution in [0, 0.1) is 13.8 Å². The van der Waals surface area contributed by atoms with Gasteiger partial charge >= 0.3 is 0 Å². The van der Waals surface area contributed by atoms with E-state index in [9.17, 15) is 0 Å². The summed E-state index contributed by atoms with van der Waals surface area (Å²) in [6, 6.07) is 7.22. The lowest BCUT2D eigenvalue weighted by atomic mass is 10.1. The maximum atomic E-state index is 5.48. The summed E-state index contributed by atoms with van der Waals surface area (Å²) in [6.07, 6.45) is 1.13. The Morgan fingerprint density at radius 1 is 1.28 bits per heavy atom. The van der Waals surface area contributed by atoms with Crippen molar-refractivity contribution in [3.8, 4) is 0 Å². The zero-order valence-electron chi connectivity index (χ0n) is 11.7. The van der Waals surface area contributed by atoms with E-state index in [0.29, 0.717) is 6.04 Å². The first kappa shape index (κ1) is 13.4. The van der Waals surface area contributed by atoms with Gasteiger partial charge in [0.2, 0.25) is 0 Å². The number of hydrogen-bond acceptors (Lipinski definition) is 3. The third-order valence-corrected chi connectivity index (χ3v) is 3.46. The van der Waals surface area contributed by atoms with Gasteiger partial charge < -0.3 is 15.0 Å². The Kier molecular flexibility index (Phi) is 4.61. The van der Waals surface area contributed by atoms with Crippen molar-refractivity contribution >= 4 is 5.69 Å². The lowest BCUT2D eigenvalue weighted by Gasteiger charge is -2.27. The van der Waals surface area contributed by atoms with Gasteiger partial charge in [-0.25, -0.2) is 0 Å². The fraction of sp³-hybridized carbons (Fsp3) is 0.600. The molecule has 3 heteroatoms. The average Bonchev–Trinajstić information content (AvgIpc) is 2.36. The topological polar surface area (TPSA) is 24.5 Å². The van der Waals surface area contributed by atoms with Crippen LogP contribution in [-0.4, -0.2) is 39.4 Å². The van der Waals surface area contributed by atoms with Crippen molar-refractivity contribution in [3.63, 3.8) is 0 Å². The SMILES string of the molecule is Cc1cc(C)cc(N(C)CCC2COCCN2)c1. The number of morpholine rings is 1. The number of hydrogen-bond donors (Lipinski definition) is 1. The highest BCUT2D eigenvalue weighted by Crippen LogP contribution is 2.18. The van der Waals surface area contributed by atoms with Crippen molar-refractivity contribution in [1.82, 2.24) is 5.32 Å². The van der Waals surface area contributed by atoms with E-state index in [1.807, 2.05) is 0 Å². The molecule has 0 bridgehead atoms. The summed E-state index contributed by atoms with van der Waals surface area (Å²) in [5.74, 6) is 0. The first-order valence-corrected chi connectivity index (χ1v) is 6.76. The largest absolute Gasteiger partial charge is 0.379 e. The van der Waals surface area contributed by atoms with Gasteiger partial charge in [-0.05, 0) is 43.5 Å². The average molecular weight is 248 g/mol. The van der Waals surface area contributed by atoms with Gasteiger partial charge in [0.25, 0.3) is 0 Å². The van der Waals surface area contributed by atoms with Crippen LogP contribution in [0.5, 0.6) is 0 Å². The Labute approximate surface area is 110 Å². The molecule has 1 fully saturated rings. The molecule has 1 unspecified atom stereocenters. The maximum absolute atomic E-state index is 5.48. The molecule has 0 radical (unpaired) electrons. The van der Waals surface area contributed by atoms with Crippen LogP contribution in [0.1, 0.15) is 17.5 Å². The lowest BCUT2D eigenvalue weighted by molar-refractivity contribution is 0.0749. The van der Waals surface area contributed by atoms with Gasteiger partial charge in [-0.3, -0.25) is 0 Å². The van der Waals surface area contributed by atoms with Crippen LogP contribution in [0.15, 0.2) is 18.2 Å². The Morgan fingerprint density at radius 2 is 2.00 bits per heavy atom. The summed E-state index contributed by atoms with van der Waals surface area (Å²) in [6.45, 7) is 8.05. The third kappa shape index (κ3) is 3.72. The second kappa shape index (κ2) is 6.21. The fourth-order valence-electron chi connectivity index (χ4n) is 2.45. The predicted molar refractivity (Wildman–Crippen MR) is 76.4 cm³/mol. The minimum Gasteiger partial charge on any atom is -0.379 e. The molecule has 18 heavy (non-hydrogen) atoms. The molecule has 0 aromatic heterocycles. The second-order valence-electron chi connectivity index (χ2n) is 5.28. The highest BCUT2D eigenvalue weighted by molar-refractivity contribution is 5.50. The molecule has 0 aliphatic carbocycles. The van der Waals surface area contributed by atoms with Crippen LogP contribution in [0.2, 0.25) is 0 Å². The number of nitrogens with one attached hydrogen (secondary N) is 1. The van der Waals surface area contributed by atoms with Gasteiger partial charge in [0.1, 0.15) is 0 Å². The summed E-state index contributed by atoms with van der Waals surface area (Å²) in [7, 11) is 2.16. The van der Waals surface area contributed by atoms with Gasteiger partial charge in [-0.2, -0.15) is 0 Å². The van der Waals surface area contributed by atoms with Crippen molar-refractivity contribution < 1.29 is 4.74 Å². The van der Waals surface area contributed by atoms with Crippen LogP contribution in [0.4, 0.5) is 5.69 Å². The summed E-state index contributed by atoms with van der Waals surface area (Å²) in [4.78, 5) is 2.33. The first-order chi connectivity index (χ1) is 8.65. The summed E-state index contributed by atoms with van der Waals surface area (Å²) < 4.78 is 5.48. The Hall–Kier alpha value is -1.06. The molecule has 0 amide bonds. The van der Waals surface area contributed by atoms with E-state index in [2.05, 4.69) is 49.3 Å². The molecule has 1 saturated heterocycles. The van der Waals surface area contributed by atoms with E-state index >= 15 is 0 Å². The maximum Gasteiger partial charge on any atom is 0.0620 e. The molecule has 0 spiro atoms. The number of rotatable bonds is 4. The minimum atomic E-state index is 0.507. The normalized spacial score (nSPS) is 19.8. The summed E-state index contributed by atoms with van der Waals surface area (Å²) in [5, 5.41) is 3.50. The molecular weight excluding hydrogens is 224 g/mol. The third-order valence-electron chi connectivity index (χ3n) is 3.46. The fourth-order valence-corrected chi connectivity index (χ4v) is 2.45. The summed E-state index contributed by atoms with van der Waals surface area (Å²) >= 11 is 0. The Morgan fingerprint density at radius 3 is 2.61 bits per heavy atom. The molecule has 1 aromatic carbocycles. The van der Waals surface area contributed by atoms with Gasteiger partial charge in [-0.1, -0.05) is 6.07 Å². The van der Waals surface area contributed by atoms with Gasteiger partial charge in [0.05, 0.1) is 13.2 Å². The summed E-state index contributed by atoms with van der Waals surface area (Å²) in [5.41, 5.74) is 3.97. The van der Waals surface area contributed by atoms with Gasteiger partial charge in [0, 0.05) is 31.9 Å². The molecular formula is C15H24N2O. The molecule has 1 aromatic rings. The molecule has 1 aliphatic heterocycles. The zero-order valence-corrected chi connectivity index (χ0v) is 11.7. The second-order valence-corrected chi connectivity index (χ2v) is 5.28. The van der Waals surface area contributed by atoms with E-state index in [1.54, 1.807) is 0 Å². The van der Waals surface area contributed by atoms with Crippen molar-refractivity contribution in [3.05, 3.63) is 29.3 Å². The molecule has 1 aliphatic rings. The standard InChI is InChI=1S/C15H24N2O/c1-12-8-13(2)10-15(9-12)17(3)6-4-14-11-18-7-5-16-14/h8-10,14,16H,4-7,11H2,1-3H3. The van der Waals surface area contributed by atoms with Crippen molar-refractivity contribution in [1.29, 1.82) is 0 Å². The van der Waals surface area contributed by atoms with E-state index < -0.39 is 0 Å². The quantitative estimate of drug-likeness (QED) is 0.883. The Bertz CT molecular complexity index is 366. The van der Waals surface area contributed by atoms with Crippen LogP contribution in [0.3, 0.4) is 0 Å². The Balaban J connectivity index is 1.88. The molecule has 1 heterocycles. The van der Waals surface area contributed by atoms with E-state index in [4.69, 9.17) is 4.74 Å². The van der Waals surface area contributed by atoms with Crippen molar-refractivity contribution in [2.24, 2.45) is 0 Å². The van der Waals surface area contributed by atoms with Crippen molar-refractivity contribution in [2.45, 2.75) is 26.3 Å². The van der Waals surface area contributed by atoms with Crippen LogP contribution >= 0.6 is 0 Å². The van der Waals surface area contributed by atoms with Crippen LogP contribution in [0.25, 0.3) is 0 Å². The minimum absolute atomic E-state index is 0.507. The molecule has 2 rings (SSSR count). The number of ether oxygens (including phenoxy) is 1. The zero-order chi connectivity index (χ0) is 13.0. The lowest BCUT2D eigenvalue weighted by Crippen LogP contribution is -2.42. The van der Waals surface area contributed by atoms with Gasteiger partial charge in [-0.15, -0.1) is 0 Å². The predicted octanol–water partition coefficient (Wildman–Crippen LogP) is 2.12. The van der Waals surface area contributed by atoms with Crippen molar-refractivity contribution in [2.75, 3.05) is 38.3 Å². The van der Waals surface area contributed by atoms with E-state index in [-0.39, 0.29) is 0 Å². The van der Waals surface area contributed by atoms with Gasteiger partial charge in [0.15, 0.2) is 0 Å². The number of aryl methyl sites for hydroxylation is 2. The number of nitrogens with zero attached hydrogens (tertiary/aromatic N) is 1. The van der Waals surface area contributed by atoms with Crippen LogP contribution < -0.4 is 10.2 Å². The van der Waals surface area contributed by atoms with E-state index in [1.165, 1.54) is 16.8 Å². The monoisotopic (exact) mass is 248 g/mol. The van der Waals surface area contributed by atoms with Crippen LogP contribution in [-0.2, 0) is 4.74 Å². The molecule has 0 saturated carbocycles. The molecule has 100 valence electrons. The molecule has 1 N–H and O–H groups in total. The first-order valence-electron chi connectivity index (χ1n) is 6.76. The van der Waals surface area contributed by atoms with E-state index in [0.717, 1.165) is 32.7 Å².